The second-order valence-electron chi connectivity index (χ2n) is 5.89. The van der Waals surface area contributed by atoms with E-state index in [1.54, 1.807) is 7.11 Å². The summed E-state index contributed by atoms with van der Waals surface area (Å²) in [6.07, 6.45) is 5.71. The first-order chi connectivity index (χ1) is 10.7. The van der Waals surface area contributed by atoms with Crippen molar-refractivity contribution < 1.29 is 9.53 Å². The van der Waals surface area contributed by atoms with Crippen LogP contribution in [-0.2, 0) is 9.53 Å². The number of aliphatic imine (C=N–C) groups is 1. The van der Waals surface area contributed by atoms with Gasteiger partial charge in [0, 0.05) is 32.2 Å². The van der Waals surface area contributed by atoms with E-state index in [2.05, 4.69) is 20.9 Å². The third kappa shape index (κ3) is 7.64. The summed E-state index contributed by atoms with van der Waals surface area (Å²) in [6.45, 7) is 6.67. The van der Waals surface area contributed by atoms with Crippen LogP contribution in [0, 0.1) is 5.92 Å². The molecule has 6 nitrogen and oxygen atoms in total. The van der Waals surface area contributed by atoms with Crippen molar-refractivity contribution in [2.45, 2.75) is 52.0 Å². The van der Waals surface area contributed by atoms with Gasteiger partial charge in [0.2, 0.25) is 5.91 Å². The highest BCUT2D eigenvalue weighted by atomic mass is 16.5. The highest BCUT2D eigenvalue weighted by Crippen LogP contribution is 2.23. The number of nitrogens with one attached hydrogen (secondary N) is 3. The maximum absolute atomic E-state index is 12.0. The van der Waals surface area contributed by atoms with Crippen molar-refractivity contribution in [1.29, 1.82) is 0 Å². The Labute approximate surface area is 134 Å². The average molecular weight is 312 g/mol. The standard InChI is InChI=1S/C16H32N4O2/c1-4-17-16(20-13(2)12-22-3)19-11-10-18-15(21)14-8-6-5-7-9-14/h13-14H,4-12H2,1-3H3,(H,18,21)(H2,17,19,20). The highest BCUT2D eigenvalue weighted by Gasteiger charge is 2.20. The lowest BCUT2D eigenvalue weighted by Gasteiger charge is -2.20. The molecule has 128 valence electrons. The number of nitrogens with zero attached hydrogens (tertiary/aromatic N) is 1. The minimum absolute atomic E-state index is 0.194. The van der Waals surface area contributed by atoms with Gasteiger partial charge in [-0.25, -0.2) is 0 Å². The van der Waals surface area contributed by atoms with Crippen molar-refractivity contribution in [2.24, 2.45) is 10.9 Å². The van der Waals surface area contributed by atoms with Crippen LogP contribution in [0.5, 0.6) is 0 Å². The van der Waals surface area contributed by atoms with Crippen molar-refractivity contribution in [3.8, 4) is 0 Å². The molecule has 1 rings (SSSR count). The van der Waals surface area contributed by atoms with Gasteiger partial charge in [-0.15, -0.1) is 0 Å². The van der Waals surface area contributed by atoms with Gasteiger partial charge in [0.05, 0.1) is 13.2 Å². The Morgan fingerprint density at radius 1 is 1.27 bits per heavy atom. The molecule has 1 aliphatic rings. The van der Waals surface area contributed by atoms with Crippen molar-refractivity contribution in [1.82, 2.24) is 16.0 Å². The molecule has 1 saturated carbocycles. The molecule has 3 N–H and O–H groups in total. The molecule has 1 atom stereocenters. The minimum atomic E-state index is 0.194. The number of methoxy groups -OCH3 is 1. The average Bonchev–Trinajstić information content (AvgIpc) is 2.52. The predicted octanol–water partition coefficient (Wildman–Crippen LogP) is 1.27. The molecule has 0 heterocycles. The van der Waals surface area contributed by atoms with Crippen LogP contribution >= 0.6 is 0 Å². The number of amides is 1. The van der Waals surface area contributed by atoms with Crippen molar-refractivity contribution in [3.05, 3.63) is 0 Å². The number of carbonyl (C=O) groups excluding carboxylic acids is 1. The van der Waals surface area contributed by atoms with Crippen LogP contribution < -0.4 is 16.0 Å². The summed E-state index contributed by atoms with van der Waals surface area (Å²) < 4.78 is 5.10. The number of guanidine groups is 1. The summed E-state index contributed by atoms with van der Waals surface area (Å²) >= 11 is 0. The Balaban J connectivity index is 2.28. The summed E-state index contributed by atoms with van der Waals surface area (Å²) in [5, 5.41) is 9.47. The smallest absolute Gasteiger partial charge is 0.223 e. The van der Waals surface area contributed by atoms with E-state index in [9.17, 15) is 4.79 Å². The van der Waals surface area contributed by atoms with E-state index in [1.807, 2.05) is 13.8 Å². The van der Waals surface area contributed by atoms with Crippen molar-refractivity contribution in [2.75, 3.05) is 33.4 Å². The Bertz CT molecular complexity index is 341. The van der Waals surface area contributed by atoms with Gasteiger partial charge in [-0.1, -0.05) is 19.3 Å². The van der Waals surface area contributed by atoms with E-state index in [0.29, 0.717) is 19.7 Å². The predicted molar refractivity (Wildman–Crippen MR) is 90.0 cm³/mol. The van der Waals surface area contributed by atoms with Crippen LogP contribution in [0.1, 0.15) is 46.0 Å². The third-order valence-corrected chi connectivity index (χ3v) is 3.80. The van der Waals surface area contributed by atoms with Crippen LogP contribution in [0.25, 0.3) is 0 Å². The quantitative estimate of drug-likeness (QED) is 0.358. The van der Waals surface area contributed by atoms with E-state index in [-0.39, 0.29) is 17.9 Å². The Morgan fingerprint density at radius 3 is 2.64 bits per heavy atom. The molecule has 0 aromatic rings. The Kier molecular flexibility index (Phi) is 9.62. The van der Waals surface area contributed by atoms with Gasteiger partial charge in [0.1, 0.15) is 0 Å². The maximum Gasteiger partial charge on any atom is 0.223 e. The van der Waals surface area contributed by atoms with E-state index < -0.39 is 0 Å². The number of hydrogen-bond donors (Lipinski definition) is 3. The molecule has 0 bridgehead atoms. The van der Waals surface area contributed by atoms with Crippen LogP contribution in [0.3, 0.4) is 0 Å². The fourth-order valence-corrected chi connectivity index (χ4v) is 2.70. The number of ether oxygens (including phenoxy) is 1. The summed E-state index contributed by atoms with van der Waals surface area (Å²) in [6, 6.07) is 0.194. The summed E-state index contributed by atoms with van der Waals surface area (Å²) in [7, 11) is 1.68. The van der Waals surface area contributed by atoms with E-state index in [0.717, 1.165) is 25.3 Å². The first kappa shape index (κ1) is 18.7. The molecule has 0 radical (unpaired) electrons. The molecule has 0 saturated heterocycles. The summed E-state index contributed by atoms with van der Waals surface area (Å²) in [4.78, 5) is 16.5. The van der Waals surface area contributed by atoms with Crippen molar-refractivity contribution in [3.63, 3.8) is 0 Å². The lowest BCUT2D eigenvalue weighted by Crippen LogP contribution is -2.44. The normalized spacial score (nSPS) is 17.9. The molecule has 1 amide bonds. The van der Waals surface area contributed by atoms with E-state index >= 15 is 0 Å². The lowest BCUT2D eigenvalue weighted by atomic mass is 9.89. The lowest BCUT2D eigenvalue weighted by molar-refractivity contribution is -0.125. The molecule has 1 fully saturated rings. The molecule has 0 aromatic carbocycles. The Hall–Kier alpha value is -1.30. The van der Waals surface area contributed by atoms with Gasteiger partial charge in [0.25, 0.3) is 0 Å². The van der Waals surface area contributed by atoms with E-state index in [1.165, 1.54) is 19.3 Å². The molecule has 1 unspecified atom stereocenters. The number of rotatable bonds is 8. The number of carbonyl (C=O) groups is 1. The topological polar surface area (TPSA) is 74.8 Å². The van der Waals surface area contributed by atoms with Crippen LogP contribution in [0.4, 0.5) is 0 Å². The van der Waals surface area contributed by atoms with Gasteiger partial charge in [-0.3, -0.25) is 9.79 Å². The number of hydrogen-bond acceptors (Lipinski definition) is 3. The second-order valence-corrected chi connectivity index (χ2v) is 5.89. The zero-order valence-electron chi connectivity index (χ0n) is 14.3. The fraction of sp³-hybridized carbons (Fsp3) is 0.875. The molecule has 6 heteroatoms. The zero-order chi connectivity index (χ0) is 16.2. The monoisotopic (exact) mass is 312 g/mol. The molecule has 0 spiro atoms. The van der Waals surface area contributed by atoms with Gasteiger partial charge in [-0.05, 0) is 26.7 Å². The molecular weight excluding hydrogens is 280 g/mol. The second kappa shape index (κ2) is 11.3. The highest BCUT2D eigenvalue weighted by molar-refractivity contribution is 5.80. The molecular formula is C16H32N4O2. The first-order valence-corrected chi connectivity index (χ1v) is 8.48. The zero-order valence-corrected chi connectivity index (χ0v) is 14.3. The molecule has 22 heavy (non-hydrogen) atoms. The van der Waals surface area contributed by atoms with Gasteiger partial charge < -0.3 is 20.7 Å². The van der Waals surface area contributed by atoms with Gasteiger partial charge in [-0.2, -0.15) is 0 Å². The molecule has 1 aliphatic carbocycles. The van der Waals surface area contributed by atoms with Crippen LogP contribution in [0.15, 0.2) is 4.99 Å². The van der Waals surface area contributed by atoms with Crippen LogP contribution in [0.2, 0.25) is 0 Å². The Morgan fingerprint density at radius 2 is 2.00 bits per heavy atom. The van der Waals surface area contributed by atoms with E-state index in [4.69, 9.17) is 4.74 Å². The molecule has 0 aliphatic heterocycles. The third-order valence-electron chi connectivity index (χ3n) is 3.80. The maximum atomic E-state index is 12.0. The summed E-state index contributed by atoms with van der Waals surface area (Å²) in [5.41, 5.74) is 0. The SMILES string of the molecule is CCNC(=NCCNC(=O)C1CCCCC1)NC(C)COC. The fourth-order valence-electron chi connectivity index (χ4n) is 2.70. The minimum Gasteiger partial charge on any atom is -0.383 e. The van der Waals surface area contributed by atoms with Gasteiger partial charge in [0.15, 0.2) is 5.96 Å². The van der Waals surface area contributed by atoms with Crippen LogP contribution in [-0.4, -0.2) is 51.3 Å². The van der Waals surface area contributed by atoms with Crippen molar-refractivity contribution >= 4 is 11.9 Å². The molecule has 0 aromatic heterocycles. The largest absolute Gasteiger partial charge is 0.383 e. The first-order valence-electron chi connectivity index (χ1n) is 8.48. The summed E-state index contributed by atoms with van der Waals surface area (Å²) in [5.74, 6) is 1.17. The van der Waals surface area contributed by atoms with Gasteiger partial charge >= 0.3 is 0 Å².